The highest BCUT2D eigenvalue weighted by Crippen LogP contribution is 2.28. The van der Waals surface area contributed by atoms with Gasteiger partial charge in [-0.25, -0.2) is 0 Å². The molecule has 24 heavy (non-hydrogen) atoms. The lowest BCUT2D eigenvalue weighted by atomic mass is 10.1. The molecule has 0 aliphatic carbocycles. The molecule has 0 radical (unpaired) electrons. The molecule has 1 aliphatic rings. The summed E-state index contributed by atoms with van der Waals surface area (Å²) in [7, 11) is 1.58. The van der Waals surface area contributed by atoms with E-state index in [1.807, 2.05) is 18.2 Å². The summed E-state index contributed by atoms with van der Waals surface area (Å²) in [6.45, 7) is 0.353. The summed E-state index contributed by atoms with van der Waals surface area (Å²) >= 11 is 5.83. The fraction of sp³-hybridized carbons (Fsp3) is 0.222. The molecule has 1 N–H and O–H groups in total. The third kappa shape index (κ3) is 3.51. The summed E-state index contributed by atoms with van der Waals surface area (Å²) in [4.78, 5) is 26.3. The summed E-state index contributed by atoms with van der Waals surface area (Å²) in [5.41, 5.74) is 1.40. The zero-order valence-electron chi connectivity index (χ0n) is 13.2. The van der Waals surface area contributed by atoms with Gasteiger partial charge in [-0.1, -0.05) is 17.7 Å². The Hall–Kier alpha value is -2.53. The summed E-state index contributed by atoms with van der Waals surface area (Å²) in [5.74, 6) is 0.0457. The Morgan fingerprint density at radius 1 is 1.25 bits per heavy atom. The quantitative estimate of drug-likeness (QED) is 0.925. The van der Waals surface area contributed by atoms with Crippen molar-refractivity contribution < 1.29 is 14.3 Å². The smallest absolute Gasteiger partial charge is 0.229 e. The van der Waals surface area contributed by atoms with Crippen LogP contribution in [0.4, 0.5) is 11.4 Å². The first-order valence-corrected chi connectivity index (χ1v) is 7.95. The first kappa shape index (κ1) is 16.3. The molecule has 3 rings (SSSR count). The number of anilines is 2. The normalized spacial score (nSPS) is 17.0. The van der Waals surface area contributed by atoms with E-state index in [0.717, 1.165) is 5.69 Å². The maximum absolute atomic E-state index is 12.4. The fourth-order valence-corrected chi connectivity index (χ4v) is 2.81. The number of carbonyl (C=O) groups is 2. The largest absolute Gasteiger partial charge is 0.497 e. The summed E-state index contributed by atoms with van der Waals surface area (Å²) in [6.07, 6.45) is 0.191. The maximum Gasteiger partial charge on any atom is 0.229 e. The van der Waals surface area contributed by atoms with Gasteiger partial charge in [-0.15, -0.1) is 0 Å². The fourth-order valence-electron chi connectivity index (χ4n) is 2.69. The molecular weight excluding hydrogens is 328 g/mol. The van der Waals surface area contributed by atoms with E-state index in [9.17, 15) is 9.59 Å². The van der Waals surface area contributed by atoms with Crippen molar-refractivity contribution in [3.8, 4) is 5.75 Å². The second-order valence-corrected chi connectivity index (χ2v) is 6.04. The van der Waals surface area contributed by atoms with Gasteiger partial charge >= 0.3 is 0 Å². The molecule has 1 atom stereocenters. The summed E-state index contributed by atoms with van der Waals surface area (Å²) in [6, 6.07) is 14.1. The number of benzene rings is 2. The second kappa shape index (κ2) is 6.93. The van der Waals surface area contributed by atoms with Gasteiger partial charge in [0, 0.05) is 35.4 Å². The van der Waals surface area contributed by atoms with Crippen LogP contribution in [0.3, 0.4) is 0 Å². The molecule has 1 heterocycles. The number of rotatable bonds is 4. The van der Waals surface area contributed by atoms with Crippen molar-refractivity contribution in [2.24, 2.45) is 5.92 Å². The number of methoxy groups -OCH3 is 1. The van der Waals surface area contributed by atoms with Crippen molar-refractivity contribution in [1.29, 1.82) is 0 Å². The molecule has 0 unspecified atom stereocenters. The maximum atomic E-state index is 12.4. The first-order chi connectivity index (χ1) is 11.6. The number of ether oxygens (including phenoxy) is 1. The Balaban J connectivity index is 1.69. The van der Waals surface area contributed by atoms with Gasteiger partial charge in [0.1, 0.15) is 5.75 Å². The third-order valence-corrected chi connectivity index (χ3v) is 4.22. The van der Waals surface area contributed by atoms with Crippen LogP contribution in [0, 0.1) is 5.92 Å². The minimum atomic E-state index is -0.389. The number of halogens is 1. The molecule has 2 aromatic rings. The predicted octanol–water partition coefficient (Wildman–Crippen LogP) is 3.34. The summed E-state index contributed by atoms with van der Waals surface area (Å²) < 4.78 is 5.18. The topological polar surface area (TPSA) is 58.6 Å². The van der Waals surface area contributed by atoms with Gasteiger partial charge in [-0.3, -0.25) is 9.59 Å². The van der Waals surface area contributed by atoms with Crippen LogP contribution in [0.25, 0.3) is 0 Å². The van der Waals surface area contributed by atoms with Crippen molar-refractivity contribution in [2.75, 3.05) is 23.9 Å². The monoisotopic (exact) mass is 344 g/mol. The lowest BCUT2D eigenvalue weighted by molar-refractivity contribution is -0.122. The van der Waals surface area contributed by atoms with E-state index >= 15 is 0 Å². The molecule has 1 saturated heterocycles. The molecule has 0 bridgehead atoms. The standard InChI is InChI=1S/C18H17ClN2O3/c1-24-16-4-2-3-15(10-16)21-11-12(9-17(21)22)18(23)20-14-7-5-13(19)6-8-14/h2-8,10,12H,9,11H2,1H3,(H,20,23)/t12-/m0/s1. The Labute approximate surface area is 145 Å². The van der Waals surface area contributed by atoms with Crippen LogP contribution < -0.4 is 15.0 Å². The van der Waals surface area contributed by atoms with E-state index in [2.05, 4.69) is 5.32 Å². The highest BCUT2D eigenvalue weighted by Gasteiger charge is 2.35. The summed E-state index contributed by atoms with van der Waals surface area (Å²) in [5, 5.41) is 3.43. The van der Waals surface area contributed by atoms with Gasteiger partial charge in [-0.05, 0) is 36.4 Å². The third-order valence-electron chi connectivity index (χ3n) is 3.97. The van der Waals surface area contributed by atoms with Gasteiger partial charge in [0.15, 0.2) is 0 Å². The highest BCUT2D eigenvalue weighted by molar-refractivity contribution is 6.30. The van der Waals surface area contributed by atoms with Crippen LogP contribution >= 0.6 is 11.6 Å². The van der Waals surface area contributed by atoms with Crippen molar-refractivity contribution in [3.63, 3.8) is 0 Å². The van der Waals surface area contributed by atoms with Crippen LogP contribution in [0.2, 0.25) is 5.02 Å². The van der Waals surface area contributed by atoms with Crippen molar-refractivity contribution in [1.82, 2.24) is 0 Å². The number of hydrogen-bond acceptors (Lipinski definition) is 3. The Morgan fingerprint density at radius 2 is 2.00 bits per heavy atom. The number of nitrogens with one attached hydrogen (secondary N) is 1. The van der Waals surface area contributed by atoms with E-state index in [1.165, 1.54) is 0 Å². The molecule has 6 heteroatoms. The molecule has 0 aromatic heterocycles. The molecule has 2 aromatic carbocycles. The molecule has 124 valence electrons. The Kier molecular flexibility index (Phi) is 4.71. The van der Waals surface area contributed by atoms with Gasteiger partial charge in [0.2, 0.25) is 11.8 Å². The number of amides is 2. The van der Waals surface area contributed by atoms with Crippen LogP contribution in [-0.4, -0.2) is 25.5 Å². The van der Waals surface area contributed by atoms with E-state index in [-0.39, 0.29) is 24.2 Å². The predicted molar refractivity (Wildman–Crippen MR) is 93.5 cm³/mol. The Bertz CT molecular complexity index is 761. The van der Waals surface area contributed by atoms with Crippen LogP contribution in [0.15, 0.2) is 48.5 Å². The number of carbonyl (C=O) groups excluding carboxylic acids is 2. The molecule has 2 amide bonds. The van der Waals surface area contributed by atoms with Crippen LogP contribution in [0.1, 0.15) is 6.42 Å². The molecule has 1 aliphatic heterocycles. The van der Waals surface area contributed by atoms with E-state index < -0.39 is 0 Å². The van der Waals surface area contributed by atoms with E-state index in [1.54, 1.807) is 42.3 Å². The van der Waals surface area contributed by atoms with E-state index in [4.69, 9.17) is 16.3 Å². The minimum absolute atomic E-state index is 0.0699. The highest BCUT2D eigenvalue weighted by atomic mass is 35.5. The lowest BCUT2D eigenvalue weighted by Gasteiger charge is -2.17. The molecule has 0 spiro atoms. The molecule has 1 fully saturated rings. The number of hydrogen-bond donors (Lipinski definition) is 1. The van der Waals surface area contributed by atoms with Gasteiger partial charge in [-0.2, -0.15) is 0 Å². The molecule has 0 saturated carbocycles. The zero-order chi connectivity index (χ0) is 17.1. The Morgan fingerprint density at radius 3 is 2.71 bits per heavy atom. The average Bonchev–Trinajstić information content (AvgIpc) is 2.99. The van der Waals surface area contributed by atoms with E-state index in [0.29, 0.717) is 23.0 Å². The SMILES string of the molecule is COc1cccc(N2C[C@@H](C(=O)Nc3ccc(Cl)cc3)CC2=O)c1. The van der Waals surface area contributed by atoms with Crippen LogP contribution in [-0.2, 0) is 9.59 Å². The van der Waals surface area contributed by atoms with Crippen molar-refractivity contribution in [3.05, 3.63) is 53.6 Å². The molecule has 5 nitrogen and oxygen atoms in total. The van der Waals surface area contributed by atoms with Gasteiger partial charge in [0.25, 0.3) is 0 Å². The number of nitrogens with zero attached hydrogens (tertiary/aromatic N) is 1. The van der Waals surface area contributed by atoms with Gasteiger partial charge < -0.3 is 15.0 Å². The minimum Gasteiger partial charge on any atom is -0.497 e. The first-order valence-electron chi connectivity index (χ1n) is 7.57. The zero-order valence-corrected chi connectivity index (χ0v) is 13.9. The average molecular weight is 345 g/mol. The second-order valence-electron chi connectivity index (χ2n) is 5.60. The molecular formula is C18H17ClN2O3. The van der Waals surface area contributed by atoms with Crippen molar-refractivity contribution in [2.45, 2.75) is 6.42 Å². The van der Waals surface area contributed by atoms with Crippen molar-refractivity contribution >= 4 is 34.8 Å². The van der Waals surface area contributed by atoms with Crippen LogP contribution in [0.5, 0.6) is 5.75 Å². The van der Waals surface area contributed by atoms with Gasteiger partial charge in [0.05, 0.1) is 13.0 Å². The lowest BCUT2D eigenvalue weighted by Crippen LogP contribution is -2.28.